The van der Waals surface area contributed by atoms with Gasteiger partial charge in [0.25, 0.3) is 0 Å². The molecule has 0 amide bonds. The van der Waals surface area contributed by atoms with Gasteiger partial charge in [-0.25, -0.2) is 8.42 Å². The summed E-state index contributed by atoms with van der Waals surface area (Å²) in [6.45, 7) is 11.7. The van der Waals surface area contributed by atoms with Gasteiger partial charge in [-0.1, -0.05) is 20.8 Å². The molecule has 114 valence electrons. The van der Waals surface area contributed by atoms with Gasteiger partial charge in [0.05, 0.1) is 5.75 Å². The predicted molar refractivity (Wildman–Crippen MR) is 76.8 cm³/mol. The molecule has 1 unspecified atom stereocenters. The molecule has 6 heteroatoms. The highest BCUT2D eigenvalue weighted by Crippen LogP contribution is 2.10. The summed E-state index contributed by atoms with van der Waals surface area (Å²) in [5, 5.41) is 3.13. The van der Waals surface area contributed by atoms with E-state index in [2.05, 4.69) is 5.32 Å². The molecule has 0 aromatic rings. The Labute approximate surface area is 117 Å². The van der Waals surface area contributed by atoms with Crippen molar-refractivity contribution in [3.8, 4) is 0 Å². The van der Waals surface area contributed by atoms with Gasteiger partial charge in [0, 0.05) is 6.04 Å². The largest absolute Gasteiger partial charge is 0.459 e. The molecule has 1 atom stereocenters. The number of esters is 1. The molecule has 0 saturated heterocycles. The van der Waals surface area contributed by atoms with Crippen LogP contribution in [0.25, 0.3) is 0 Å². The van der Waals surface area contributed by atoms with Crippen molar-refractivity contribution in [3.05, 3.63) is 0 Å². The zero-order chi connectivity index (χ0) is 15.3. The van der Waals surface area contributed by atoms with E-state index in [1.54, 1.807) is 20.8 Å². The third-order valence-electron chi connectivity index (χ3n) is 2.46. The number of rotatable bonds is 7. The fraction of sp³-hybridized carbons (Fsp3) is 0.923. The fourth-order valence-corrected chi connectivity index (χ4v) is 3.22. The Morgan fingerprint density at radius 1 is 1.26 bits per heavy atom. The highest BCUT2D eigenvalue weighted by molar-refractivity contribution is 7.92. The number of nitrogens with one attached hydrogen (secondary N) is 1. The molecule has 0 aromatic carbocycles. The summed E-state index contributed by atoms with van der Waals surface area (Å²) in [5.74, 6) is -1.10. The lowest BCUT2D eigenvalue weighted by atomic mass is 10.1. The summed E-state index contributed by atoms with van der Waals surface area (Å²) >= 11 is 0. The summed E-state index contributed by atoms with van der Waals surface area (Å²) in [7, 11) is -3.46. The Bertz CT molecular complexity index is 382. The number of hydrogen-bond donors (Lipinski definition) is 1. The molecule has 0 aromatic heterocycles. The molecule has 19 heavy (non-hydrogen) atoms. The van der Waals surface area contributed by atoms with Crippen LogP contribution in [0.5, 0.6) is 0 Å². The van der Waals surface area contributed by atoms with Gasteiger partial charge in [0.15, 0.2) is 9.84 Å². The van der Waals surface area contributed by atoms with Crippen LogP contribution in [0.15, 0.2) is 0 Å². The smallest absolute Gasteiger partial charge is 0.321 e. The van der Waals surface area contributed by atoms with E-state index in [4.69, 9.17) is 4.74 Å². The van der Waals surface area contributed by atoms with Crippen molar-refractivity contribution >= 4 is 15.8 Å². The normalized spacial score (nSPS) is 14.5. The Morgan fingerprint density at radius 2 is 1.79 bits per heavy atom. The molecule has 0 fully saturated rings. The number of hydrogen-bond acceptors (Lipinski definition) is 5. The average molecular weight is 293 g/mol. The van der Waals surface area contributed by atoms with Crippen molar-refractivity contribution in [2.45, 2.75) is 53.2 Å². The van der Waals surface area contributed by atoms with Crippen molar-refractivity contribution in [2.75, 3.05) is 18.1 Å². The second-order valence-electron chi connectivity index (χ2n) is 6.05. The number of carbonyl (C=O) groups excluding carboxylic acids is 1. The SMILES string of the molecule is CCNC(CS(=O)(=O)CC(=O)OC(C)(C)C)C(C)C. The van der Waals surface area contributed by atoms with Gasteiger partial charge in [-0.2, -0.15) is 0 Å². The molecule has 0 rings (SSSR count). The molecular formula is C13H27NO4S. The average Bonchev–Trinajstić information content (AvgIpc) is 2.11. The lowest BCUT2D eigenvalue weighted by Gasteiger charge is -2.22. The summed E-state index contributed by atoms with van der Waals surface area (Å²) in [6, 6.07) is -0.141. The fourth-order valence-electron chi connectivity index (χ4n) is 1.63. The van der Waals surface area contributed by atoms with Gasteiger partial charge in [-0.15, -0.1) is 0 Å². The topological polar surface area (TPSA) is 72.5 Å². The summed E-state index contributed by atoms with van der Waals surface area (Å²) in [6.07, 6.45) is 0. The second-order valence-corrected chi connectivity index (χ2v) is 8.16. The van der Waals surface area contributed by atoms with Gasteiger partial charge in [-0.3, -0.25) is 4.79 Å². The highest BCUT2D eigenvalue weighted by atomic mass is 32.2. The van der Waals surface area contributed by atoms with Crippen LogP contribution in [0.4, 0.5) is 0 Å². The van der Waals surface area contributed by atoms with E-state index in [1.807, 2.05) is 20.8 Å². The summed E-state index contributed by atoms with van der Waals surface area (Å²) in [4.78, 5) is 11.6. The third kappa shape index (κ3) is 8.99. The first-order valence-corrected chi connectivity index (χ1v) is 8.44. The lowest BCUT2D eigenvalue weighted by molar-refractivity contribution is -0.151. The van der Waals surface area contributed by atoms with Gasteiger partial charge in [0.1, 0.15) is 11.4 Å². The maximum Gasteiger partial charge on any atom is 0.321 e. The zero-order valence-corrected chi connectivity index (χ0v) is 13.6. The van der Waals surface area contributed by atoms with Crippen LogP contribution >= 0.6 is 0 Å². The van der Waals surface area contributed by atoms with Gasteiger partial charge < -0.3 is 10.1 Å². The first-order valence-electron chi connectivity index (χ1n) is 6.62. The van der Waals surface area contributed by atoms with Gasteiger partial charge in [0.2, 0.25) is 0 Å². The van der Waals surface area contributed by atoms with E-state index in [9.17, 15) is 13.2 Å². The molecule has 0 aliphatic rings. The van der Waals surface area contributed by atoms with Gasteiger partial charge in [-0.05, 0) is 33.2 Å². The zero-order valence-electron chi connectivity index (χ0n) is 12.8. The lowest BCUT2D eigenvalue weighted by Crippen LogP contribution is -2.41. The van der Waals surface area contributed by atoms with Crippen LogP contribution in [-0.2, 0) is 19.4 Å². The maximum atomic E-state index is 12.0. The molecule has 0 aliphatic carbocycles. The van der Waals surface area contributed by atoms with E-state index in [1.165, 1.54) is 0 Å². The van der Waals surface area contributed by atoms with E-state index in [0.717, 1.165) is 0 Å². The third-order valence-corrected chi connectivity index (χ3v) is 4.00. The van der Waals surface area contributed by atoms with E-state index < -0.39 is 27.2 Å². The molecule has 0 radical (unpaired) electrons. The molecule has 0 aliphatic heterocycles. The first kappa shape index (κ1) is 18.4. The van der Waals surface area contributed by atoms with Crippen molar-refractivity contribution in [1.29, 1.82) is 0 Å². The minimum absolute atomic E-state index is 0.0439. The van der Waals surface area contributed by atoms with Gasteiger partial charge >= 0.3 is 5.97 Å². The quantitative estimate of drug-likeness (QED) is 0.718. The van der Waals surface area contributed by atoms with Crippen molar-refractivity contribution in [3.63, 3.8) is 0 Å². The predicted octanol–water partition coefficient (Wildman–Crippen LogP) is 1.38. The Morgan fingerprint density at radius 3 is 2.16 bits per heavy atom. The van der Waals surface area contributed by atoms with Crippen molar-refractivity contribution in [2.24, 2.45) is 5.92 Å². The van der Waals surface area contributed by atoms with Crippen LogP contribution in [0.3, 0.4) is 0 Å². The Balaban J connectivity index is 4.58. The number of carbonyl (C=O) groups is 1. The monoisotopic (exact) mass is 293 g/mol. The van der Waals surface area contributed by atoms with E-state index >= 15 is 0 Å². The standard InChI is InChI=1S/C13H27NO4S/c1-7-14-11(10(2)3)8-19(16,17)9-12(15)18-13(4,5)6/h10-11,14H,7-9H2,1-6H3. The molecule has 0 bridgehead atoms. The van der Waals surface area contributed by atoms with Crippen LogP contribution < -0.4 is 5.32 Å². The molecule has 0 spiro atoms. The minimum Gasteiger partial charge on any atom is -0.459 e. The molecule has 0 saturated carbocycles. The molecular weight excluding hydrogens is 266 g/mol. The number of sulfone groups is 1. The molecule has 1 N–H and O–H groups in total. The Hall–Kier alpha value is -0.620. The van der Waals surface area contributed by atoms with E-state index in [0.29, 0.717) is 6.54 Å². The summed E-state index contributed by atoms with van der Waals surface area (Å²) < 4.78 is 29.0. The van der Waals surface area contributed by atoms with Crippen LogP contribution in [0.1, 0.15) is 41.5 Å². The Kier molecular flexibility index (Phi) is 7.00. The summed E-state index contributed by atoms with van der Waals surface area (Å²) in [5.41, 5.74) is -0.661. The van der Waals surface area contributed by atoms with Crippen molar-refractivity contribution in [1.82, 2.24) is 5.32 Å². The maximum absolute atomic E-state index is 12.0. The number of ether oxygens (including phenoxy) is 1. The van der Waals surface area contributed by atoms with Crippen LogP contribution in [-0.4, -0.2) is 44.1 Å². The second kappa shape index (κ2) is 7.24. The van der Waals surface area contributed by atoms with Crippen molar-refractivity contribution < 1.29 is 17.9 Å². The molecule has 5 nitrogen and oxygen atoms in total. The first-order chi connectivity index (χ1) is 8.47. The van der Waals surface area contributed by atoms with Crippen LogP contribution in [0.2, 0.25) is 0 Å². The molecule has 0 heterocycles. The van der Waals surface area contributed by atoms with E-state index in [-0.39, 0.29) is 17.7 Å². The highest BCUT2D eigenvalue weighted by Gasteiger charge is 2.26. The minimum atomic E-state index is -3.46. The van der Waals surface area contributed by atoms with Crippen LogP contribution in [0, 0.1) is 5.92 Å².